The van der Waals surface area contributed by atoms with Crippen LogP contribution in [-0.2, 0) is 10.2 Å². The zero-order valence-electron chi connectivity index (χ0n) is 12.3. The second-order valence-corrected chi connectivity index (χ2v) is 5.50. The Hall–Kier alpha value is -1.88. The van der Waals surface area contributed by atoms with E-state index >= 15 is 0 Å². The van der Waals surface area contributed by atoms with E-state index in [1.807, 2.05) is 6.07 Å². The maximum absolute atomic E-state index is 5.34. The smallest absolute Gasteiger partial charge is 0.321 e. The Morgan fingerprint density at radius 1 is 1.24 bits per heavy atom. The first-order valence-corrected chi connectivity index (χ1v) is 7.48. The minimum Gasteiger partial charge on any atom is -0.383 e. The normalized spacial score (nSPS) is 17.0. The van der Waals surface area contributed by atoms with Gasteiger partial charge in [0.1, 0.15) is 0 Å². The Morgan fingerprint density at radius 3 is 2.71 bits per heavy atom. The largest absolute Gasteiger partial charge is 0.383 e. The van der Waals surface area contributed by atoms with Gasteiger partial charge < -0.3 is 14.6 Å². The molecule has 0 atom stereocenters. The first-order valence-electron chi connectivity index (χ1n) is 7.48. The summed E-state index contributed by atoms with van der Waals surface area (Å²) in [6.45, 7) is 1.28. The van der Waals surface area contributed by atoms with Crippen LogP contribution in [0.1, 0.15) is 37.1 Å². The first-order chi connectivity index (χ1) is 10.3. The SMILES string of the molecule is COCCNc1nc(C2(c3ccccc3)CCCC2)no1. The van der Waals surface area contributed by atoms with E-state index in [0.29, 0.717) is 19.2 Å². The number of aromatic nitrogens is 2. The highest BCUT2D eigenvalue weighted by Crippen LogP contribution is 2.45. The van der Waals surface area contributed by atoms with Gasteiger partial charge in [-0.05, 0) is 18.4 Å². The number of nitrogens with one attached hydrogen (secondary N) is 1. The van der Waals surface area contributed by atoms with Crippen molar-refractivity contribution in [3.63, 3.8) is 0 Å². The first kappa shape index (κ1) is 14.1. The number of methoxy groups -OCH3 is 1. The van der Waals surface area contributed by atoms with Gasteiger partial charge in [0.05, 0.1) is 12.0 Å². The van der Waals surface area contributed by atoms with Gasteiger partial charge >= 0.3 is 6.01 Å². The average Bonchev–Trinajstić information content (AvgIpc) is 3.18. The number of ether oxygens (including phenoxy) is 1. The molecule has 1 aliphatic carbocycles. The fourth-order valence-corrected chi connectivity index (χ4v) is 3.13. The van der Waals surface area contributed by atoms with Crippen molar-refractivity contribution >= 4 is 6.01 Å². The molecule has 1 N–H and O–H groups in total. The molecule has 0 bridgehead atoms. The molecular weight excluding hydrogens is 266 g/mol. The third kappa shape index (κ3) is 2.78. The van der Waals surface area contributed by atoms with Crippen LogP contribution in [0, 0.1) is 0 Å². The van der Waals surface area contributed by atoms with Crippen molar-refractivity contribution in [2.24, 2.45) is 0 Å². The molecule has 1 fully saturated rings. The fourth-order valence-electron chi connectivity index (χ4n) is 3.13. The summed E-state index contributed by atoms with van der Waals surface area (Å²) < 4.78 is 10.3. The standard InChI is InChI=1S/C16H21N3O2/c1-20-12-11-17-15-18-14(19-21-15)16(9-5-6-10-16)13-7-3-2-4-8-13/h2-4,7-8H,5-6,9-12H2,1H3,(H,17,18,19). The molecule has 1 aromatic carbocycles. The van der Waals surface area contributed by atoms with Crippen molar-refractivity contribution < 1.29 is 9.26 Å². The van der Waals surface area contributed by atoms with Crippen LogP contribution in [0.5, 0.6) is 0 Å². The van der Waals surface area contributed by atoms with Crippen LogP contribution >= 0.6 is 0 Å². The van der Waals surface area contributed by atoms with Crippen LogP contribution < -0.4 is 5.32 Å². The molecule has 1 saturated carbocycles. The van der Waals surface area contributed by atoms with Crippen molar-refractivity contribution in [1.82, 2.24) is 10.1 Å². The minimum atomic E-state index is -0.0913. The topological polar surface area (TPSA) is 60.2 Å². The van der Waals surface area contributed by atoms with E-state index in [4.69, 9.17) is 9.26 Å². The zero-order valence-corrected chi connectivity index (χ0v) is 12.3. The summed E-state index contributed by atoms with van der Waals surface area (Å²) in [7, 11) is 1.67. The van der Waals surface area contributed by atoms with Crippen molar-refractivity contribution in [1.29, 1.82) is 0 Å². The Morgan fingerprint density at radius 2 is 2.00 bits per heavy atom. The second-order valence-electron chi connectivity index (χ2n) is 5.50. The number of anilines is 1. The lowest BCUT2D eigenvalue weighted by Gasteiger charge is -2.25. The average molecular weight is 287 g/mol. The fraction of sp³-hybridized carbons (Fsp3) is 0.500. The number of hydrogen-bond donors (Lipinski definition) is 1. The van der Waals surface area contributed by atoms with Gasteiger partial charge in [0.25, 0.3) is 0 Å². The van der Waals surface area contributed by atoms with Crippen LogP contribution in [0.4, 0.5) is 6.01 Å². The molecule has 0 amide bonds. The van der Waals surface area contributed by atoms with Crippen LogP contribution in [0.2, 0.25) is 0 Å². The Kier molecular flexibility index (Phi) is 4.20. The monoisotopic (exact) mass is 287 g/mol. The van der Waals surface area contributed by atoms with Gasteiger partial charge in [-0.2, -0.15) is 4.98 Å². The molecule has 21 heavy (non-hydrogen) atoms. The number of nitrogens with zero attached hydrogens (tertiary/aromatic N) is 2. The summed E-state index contributed by atoms with van der Waals surface area (Å²) in [5.74, 6) is 0.797. The lowest BCUT2D eigenvalue weighted by molar-refractivity contribution is 0.210. The van der Waals surface area contributed by atoms with Crippen molar-refractivity contribution in [3.05, 3.63) is 41.7 Å². The molecule has 0 aliphatic heterocycles. The third-order valence-corrected chi connectivity index (χ3v) is 4.22. The van der Waals surface area contributed by atoms with Gasteiger partial charge in [-0.1, -0.05) is 48.3 Å². The van der Waals surface area contributed by atoms with Crippen molar-refractivity contribution in [2.45, 2.75) is 31.1 Å². The maximum atomic E-state index is 5.34. The van der Waals surface area contributed by atoms with E-state index in [2.05, 4.69) is 39.7 Å². The Bertz CT molecular complexity index is 562. The summed E-state index contributed by atoms with van der Waals surface area (Å²) in [5.41, 5.74) is 1.19. The summed E-state index contributed by atoms with van der Waals surface area (Å²) in [4.78, 5) is 4.57. The zero-order chi connectivity index (χ0) is 14.5. The van der Waals surface area contributed by atoms with E-state index in [-0.39, 0.29) is 5.41 Å². The molecule has 3 rings (SSSR count). The molecule has 112 valence electrons. The predicted octanol–water partition coefficient (Wildman–Crippen LogP) is 2.99. The van der Waals surface area contributed by atoms with Gasteiger partial charge in [-0.15, -0.1) is 0 Å². The summed E-state index contributed by atoms with van der Waals surface area (Å²) in [5, 5.41) is 7.33. The van der Waals surface area contributed by atoms with E-state index < -0.39 is 0 Å². The highest BCUT2D eigenvalue weighted by molar-refractivity contribution is 5.35. The van der Waals surface area contributed by atoms with E-state index in [1.165, 1.54) is 18.4 Å². The van der Waals surface area contributed by atoms with Gasteiger partial charge in [-0.3, -0.25) is 0 Å². The van der Waals surface area contributed by atoms with Crippen LogP contribution in [0.3, 0.4) is 0 Å². The third-order valence-electron chi connectivity index (χ3n) is 4.22. The van der Waals surface area contributed by atoms with Gasteiger partial charge in [0.15, 0.2) is 5.82 Å². The number of rotatable bonds is 6. The molecule has 2 aromatic rings. The molecule has 0 saturated heterocycles. The molecular formula is C16H21N3O2. The lowest BCUT2D eigenvalue weighted by Crippen LogP contribution is -2.25. The molecule has 1 aliphatic rings. The summed E-state index contributed by atoms with van der Waals surface area (Å²) >= 11 is 0. The second kappa shape index (κ2) is 6.26. The van der Waals surface area contributed by atoms with Crippen LogP contribution in [0.25, 0.3) is 0 Å². The van der Waals surface area contributed by atoms with E-state index in [1.54, 1.807) is 7.11 Å². The van der Waals surface area contributed by atoms with Crippen molar-refractivity contribution in [2.75, 3.05) is 25.6 Å². The van der Waals surface area contributed by atoms with Crippen LogP contribution in [0.15, 0.2) is 34.9 Å². The quantitative estimate of drug-likeness (QED) is 0.828. The highest BCUT2D eigenvalue weighted by atomic mass is 16.5. The minimum absolute atomic E-state index is 0.0913. The van der Waals surface area contributed by atoms with Gasteiger partial charge in [-0.25, -0.2) is 0 Å². The molecule has 1 heterocycles. The molecule has 1 aromatic heterocycles. The molecule has 0 spiro atoms. The highest BCUT2D eigenvalue weighted by Gasteiger charge is 2.41. The molecule has 5 nitrogen and oxygen atoms in total. The van der Waals surface area contributed by atoms with Crippen molar-refractivity contribution in [3.8, 4) is 0 Å². The predicted molar refractivity (Wildman–Crippen MR) is 80.4 cm³/mol. The summed E-state index contributed by atoms with van der Waals surface area (Å²) in [6, 6.07) is 11.0. The molecule has 0 radical (unpaired) electrons. The van der Waals surface area contributed by atoms with Gasteiger partial charge in [0.2, 0.25) is 0 Å². The van der Waals surface area contributed by atoms with Gasteiger partial charge in [0, 0.05) is 13.7 Å². The maximum Gasteiger partial charge on any atom is 0.321 e. The molecule has 5 heteroatoms. The Balaban J connectivity index is 1.85. The lowest BCUT2D eigenvalue weighted by atomic mass is 9.78. The molecule has 0 unspecified atom stereocenters. The number of benzene rings is 1. The number of hydrogen-bond acceptors (Lipinski definition) is 5. The van der Waals surface area contributed by atoms with E-state index in [9.17, 15) is 0 Å². The summed E-state index contributed by atoms with van der Waals surface area (Å²) in [6.07, 6.45) is 4.56. The van der Waals surface area contributed by atoms with Crippen LogP contribution in [-0.4, -0.2) is 30.4 Å². The Labute approximate surface area is 124 Å². The van der Waals surface area contributed by atoms with E-state index in [0.717, 1.165) is 18.7 Å².